The molecule has 0 spiro atoms. The van der Waals surface area contributed by atoms with E-state index in [9.17, 15) is 0 Å². The highest BCUT2D eigenvalue weighted by Gasteiger charge is 2.07. The van der Waals surface area contributed by atoms with Gasteiger partial charge in [0.1, 0.15) is 12.4 Å². The van der Waals surface area contributed by atoms with Crippen molar-refractivity contribution in [2.75, 3.05) is 0 Å². The average Bonchev–Trinajstić information content (AvgIpc) is 2.91. The zero-order valence-corrected chi connectivity index (χ0v) is 11.3. The van der Waals surface area contributed by atoms with Crippen molar-refractivity contribution < 1.29 is 4.74 Å². The lowest BCUT2D eigenvalue weighted by Crippen LogP contribution is -2.21. The summed E-state index contributed by atoms with van der Waals surface area (Å²) in [7, 11) is 0. The van der Waals surface area contributed by atoms with Crippen molar-refractivity contribution in [3.05, 3.63) is 46.4 Å². The van der Waals surface area contributed by atoms with Crippen molar-refractivity contribution in [1.82, 2.24) is 4.98 Å². The van der Waals surface area contributed by atoms with Crippen molar-refractivity contribution >= 4 is 11.3 Å². The summed E-state index contributed by atoms with van der Waals surface area (Å²) >= 11 is 1.61. The number of thiazole rings is 1. The van der Waals surface area contributed by atoms with Gasteiger partial charge in [-0.1, -0.05) is 25.1 Å². The molecule has 18 heavy (non-hydrogen) atoms. The van der Waals surface area contributed by atoms with E-state index in [1.807, 2.05) is 29.9 Å². The normalized spacial score (nSPS) is 12.3. The molecule has 2 rings (SSSR count). The van der Waals surface area contributed by atoms with Gasteiger partial charge in [-0.2, -0.15) is 0 Å². The summed E-state index contributed by atoms with van der Waals surface area (Å²) in [5, 5.41) is 0. The number of hydrogen-bond acceptors (Lipinski definition) is 4. The second kappa shape index (κ2) is 6.52. The standard InChI is InChI=1S/C14H18N2OS/c1-2-12(15)7-11-5-3-4-6-14(11)17-9-13-8-16-10-18-13/h3-6,8,10,12H,2,7,9,15H2,1H3. The third-order valence-corrected chi connectivity index (χ3v) is 3.59. The number of hydrogen-bond donors (Lipinski definition) is 1. The quantitative estimate of drug-likeness (QED) is 0.870. The second-order valence-electron chi connectivity index (χ2n) is 4.24. The lowest BCUT2D eigenvalue weighted by atomic mass is 10.0. The van der Waals surface area contributed by atoms with Crippen LogP contribution < -0.4 is 10.5 Å². The van der Waals surface area contributed by atoms with E-state index in [2.05, 4.69) is 18.0 Å². The van der Waals surface area contributed by atoms with Gasteiger partial charge in [0.05, 0.1) is 10.4 Å². The fourth-order valence-electron chi connectivity index (χ4n) is 1.70. The summed E-state index contributed by atoms with van der Waals surface area (Å²) in [5.41, 5.74) is 9.00. The molecule has 1 unspecified atom stereocenters. The molecule has 0 radical (unpaired) electrons. The van der Waals surface area contributed by atoms with E-state index in [0.717, 1.165) is 23.5 Å². The van der Waals surface area contributed by atoms with Gasteiger partial charge in [0.2, 0.25) is 0 Å². The predicted molar refractivity (Wildman–Crippen MR) is 74.9 cm³/mol. The molecule has 1 aromatic carbocycles. The number of nitrogens with two attached hydrogens (primary N) is 1. The molecular weight excluding hydrogens is 244 g/mol. The van der Waals surface area contributed by atoms with E-state index in [1.165, 1.54) is 5.56 Å². The first kappa shape index (κ1) is 13.1. The van der Waals surface area contributed by atoms with E-state index >= 15 is 0 Å². The van der Waals surface area contributed by atoms with Gasteiger partial charge in [-0.15, -0.1) is 11.3 Å². The molecule has 0 saturated heterocycles. The topological polar surface area (TPSA) is 48.1 Å². The van der Waals surface area contributed by atoms with E-state index in [-0.39, 0.29) is 6.04 Å². The molecule has 0 aliphatic rings. The fraction of sp³-hybridized carbons (Fsp3) is 0.357. The van der Waals surface area contributed by atoms with E-state index in [1.54, 1.807) is 11.3 Å². The smallest absolute Gasteiger partial charge is 0.124 e. The van der Waals surface area contributed by atoms with Crippen LogP contribution in [0.15, 0.2) is 36.0 Å². The fourth-order valence-corrected chi connectivity index (χ4v) is 2.21. The van der Waals surface area contributed by atoms with Crippen LogP contribution in [0.25, 0.3) is 0 Å². The van der Waals surface area contributed by atoms with Crippen LogP contribution in [0.2, 0.25) is 0 Å². The van der Waals surface area contributed by atoms with Gasteiger partial charge >= 0.3 is 0 Å². The van der Waals surface area contributed by atoms with Gasteiger partial charge in [-0.05, 0) is 24.5 Å². The summed E-state index contributed by atoms with van der Waals surface area (Å²) in [6.07, 6.45) is 3.67. The highest BCUT2D eigenvalue weighted by molar-refractivity contribution is 7.09. The highest BCUT2D eigenvalue weighted by atomic mass is 32.1. The lowest BCUT2D eigenvalue weighted by Gasteiger charge is -2.13. The largest absolute Gasteiger partial charge is 0.488 e. The first-order valence-electron chi connectivity index (χ1n) is 6.13. The SMILES string of the molecule is CCC(N)Cc1ccccc1OCc1cncs1. The minimum Gasteiger partial charge on any atom is -0.488 e. The van der Waals surface area contributed by atoms with Crippen molar-refractivity contribution in [3.63, 3.8) is 0 Å². The molecule has 0 saturated carbocycles. The first-order valence-corrected chi connectivity index (χ1v) is 7.01. The van der Waals surface area contributed by atoms with Gasteiger partial charge < -0.3 is 10.5 Å². The van der Waals surface area contributed by atoms with Crippen LogP contribution in [0.4, 0.5) is 0 Å². The summed E-state index contributed by atoms with van der Waals surface area (Å²) in [6, 6.07) is 8.29. The molecule has 4 heteroatoms. The maximum absolute atomic E-state index is 6.00. The second-order valence-corrected chi connectivity index (χ2v) is 5.21. The molecule has 96 valence electrons. The van der Waals surface area contributed by atoms with Crippen LogP contribution in [0.5, 0.6) is 5.75 Å². The van der Waals surface area contributed by atoms with Gasteiger partial charge in [0.15, 0.2) is 0 Å². The maximum atomic E-state index is 6.00. The Morgan fingerprint density at radius 2 is 2.22 bits per heavy atom. The number of aromatic nitrogens is 1. The van der Waals surface area contributed by atoms with Crippen LogP contribution in [0, 0.1) is 0 Å². The predicted octanol–water partition coefficient (Wildman–Crippen LogP) is 3.00. The number of nitrogens with zero attached hydrogens (tertiary/aromatic N) is 1. The Morgan fingerprint density at radius 1 is 1.39 bits per heavy atom. The Balaban J connectivity index is 2.02. The van der Waals surface area contributed by atoms with Crippen LogP contribution in [-0.4, -0.2) is 11.0 Å². The summed E-state index contributed by atoms with van der Waals surface area (Å²) in [4.78, 5) is 5.17. The zero-order chi connectivity index (χ0) is 12.8. The molecule has 1 aromatic heterocycles. The molecule has 3 nitrogen and oxygen atoms in total. The van der Waals surface area contributed by atoms with Crippen molar-refractivity contribution in [1.29, 1.82) is 0 Å². The average molecular weight is 262 g/mol. The van der Waals surface area contributed by atoms with Gasteiger partial charge in [0, 0.05) is 12.2 Å². The molecule has 0 aliphatic heterocycles. The van der Waals surface area contributed by atoms with Crippen molar-refractivity contribution in [3.8, 4) is 5.75 Å². The Kier molecular flexibility index (Phi) is 4.73. The minimum absolute atomic E-state index is 0.193. The Morgan fingerprint density at radius 3 is 2.94 bits per heavy atom. The third kappa shape index (κ3) is 3.55. The Labute approximate surface area is 112 Å². The summed E-state index contributed by atoms with van der Waals surface area (Å²) in [6.45, 7) is 2.68. The van der Waals surface area contributed by atoms with Crippen molar-refractivity contribution in [2.24, 2.45) is 5.73 Å². The minimum atomic E-state index is 0.193. The molecular formula is C14H18N2OS. The Bertz CT molecular complexity index is 470. The van der Waals surface area contributed by atoms with Gasteiger partial charge in [-0.25, -0.2) is 0 Å². The Hall–Kier alpha value is -1.39. The first-order chi connectivity index (χ1) is 8.79. The van der Waals surface area contributed by atoms with Crippen LogP contribution in [-0.2, 0) is 13.0 Å². The molecule has 1 atom stereocenters. The number of ether oxygens (including phenoxy) is 1. The number of benzene rings is 1. The van der Waals surface area contributed by atoms with Crippen LogP contribution >= 0.6 is 11.3 Å². The molecule has 0 aliphatic carbocycles. The van der Waals surface area contributed by atoms with E-state index in [0.29, 0.717) is 6.61 Å². The van der Waals surface area contributed by atoms with E-state index in [4.69, 9.17) is 10.5 Å². The summed E-state index contributed by atoms with van der Waals surface area (Å²) in [5.74, 6) is 0.926. The molecule has 0 bridgehead atoms. The lowest BCUT2D eigenvalue weighted by molar-refractivity contribution is 0.305. The molecule has 0 fully saturated rings. The van der Waals surface area contributed by atoms with Gasteiger partial charge in [-0.3, -0.25) is 4.98 Å². The third-order valence-electron chi connectivity index (χ3n) is 2.83. The summed E-state index contributed by atoms with van der Waals surface area (Å²) < 4.78 is 5.84. The monoisotopic (exact) mass is 262 g/mol. The molecule has 0 amide bonds. The maximum Gasteiger partial charge on any atom is 0.124 e. The molecule has 2 aromatic rings. The number of para-hydroxylation sites is 1. The number of rotatable bonds is 6. The molecule has 1 heterocycles. The molecule has 2 N–H and O–H groups in total. The highest BCUT2D eigenvalue weighted by Crippen LogP contribution is 2.21. The van der Waals surface area contributed by atoms with Crippen LogP contribution in [0.3, 0.4) is 0 Å². The van der Waals surface area contributed by atoms with E-state index < -0.39 is 0 Å². The zero-order valence-electron chi connectivity index (χ0n) is 10.5. The van der Waals surface area contributed by atoms with Crippen molar-refractivity contribution in [2.45, 2.75) is 32.4 Å². The van der Waals surface area contributed by atoms with Crippen LogP contribution in [0.1, 0.15) is 23.8 Å². The van der Waals surface area contributed by atoms with Gasteiger partial charge in [0.25, 0.3) is 0 Å².